The molecule has 1 unspecified atom stereocenters. The first-order valence-electron chi connectivity index (χ1n) is 5.86. The molecule has 120 valence electrons. The van der Waals surface area contributed by atoms with Crippen LogP contribution in [0.1, 0.15) is 11.1 Å². The van der Waals surface area contributed by atoms with Crippen LogP contribution in [0.5, 0.6) is 5.75 Å². The van der Waals surface area contributed by atoms with E-state index in [4.69, 9.17) is 26.6 Å². The van der Waals surface area contributed by atoms with Gasteiger partial charge in [-0.05, 0) is 18.2 Å². The van der Waals surface area contributed by atoms with Gasteiger partial charge in [0.05, 0.1) is 11.1 Å². The number of aliphatic carboxylic acids is 2. The van der Waals surface area contributed by atoms with Crippen molar-refractivity contribution in [2.75, 3.05) is 0 Å². The van der Waals surface area contributed by atoms with Crippen molar-refractivity contribution in [1.82, 2.24) is 0 Å². The normalized spacial score (nSPS) is 16.3. The summed E-state index contributed by atoms with van der Waals surface area (Å²) in [7, 11) is 0. The third kappa shape index (κ3) is 3.57. The predicted molar refractivity (Wildman–Crippen MR) is 72.0 cm³/mol. The highest BCUT2D eigenvalue weighted by Gasteiger charge is 2.48. The third-order valence-corrected chi connectivity index (χ3v) is 2.98. The third-order valence-electron chi connectivity index (χ3n) is 2.76. The predicted octanol–water partition coefficient (Wildman–Crippen LogP) is 2.57. The SMILES string of the molecule is O=C(O)C#Cc1cc(Cl)cc2c1OC(C(F)(F)F)C(C(=O)O)=C2. The fourth-order valence-corrected chi connectivity index (χ4v) is 2.14. The summed E-state index contributed by atoms with van der Waals surface area (Å²) in [5.41, 5.74) is -1.24. The van der Waals surface area contributed by atoms with Crippen LogP contribution in [0.15, 0.2) is 17.7 Å². The number of hydrogen-bond acceptors (Lipinski definition) is 3. The zero-order chi connectivity index (χ0) is 17.4. The Kier molecular flexibility index (Phi) is 4.25. The van der Waals surface area contributed by atoms with Crippen LogP contribution in [0.4, 0.5) is 13.2 Å². The maximum atomic E-state index is 13.0. The van der Waals surface area contributed by atoms with E-state index in [0.29, 0.717) is 0 Å². The van der Waals surface area contributed by atoms with E-state index in [2.05, 4.69) is 5.92 Å². The summed E-state index contributed by atoms with van der Waals surface area (Å²) < 4.78 is 43.7. The van der Waals surface area contributed by atoms with Crippen molar-refractivity contribution < 1.29 is 37.7 Å². The lowest BCUT2D eigenvalue weighted by Crippen LogP contribution is -2.40. The molecule has 9 heteroatoms. The van der Waals surface area contributed by atoms with E-state index in [0.717, 1.165) is 12.1 Å². The van der Waals surface area contributed by atoms with Crippen molar-refractivity contribution in [3.63, 3.8) is 0 Å². The zero-order valence-electron chi connectivity index (χ0n) is 10.9. The number of alkyl halides is 3. The lowest BCUT2D eigenvalue weighted by atomic mass is 9.99. The first-order valence-corrected chi connectivity index (χ1v) is 6.24. The number of rotatable bonds is 1. The van der Waals surface area contributed by atoms with Crippen molar-refractivity contribution in [2.45, 2.75) is 12.3 Å². The van der Waals surface area contributed by atoms with Gasteiger partial charge < -0.3 is 14.9 Å². The molecule has 0 fully saturated rings. The molecule has 0 aliphatic carbocycles. The maximum absolute atomic E-state index is 13.0. The molecular weight excluding hydrogens is 341 g/mol. The Hall–Kier alpha value is -2.66. The molecule has 1 aliphatic rings. The monoisotopic (exact) mass is 346 g/mol. The molecule has 0 saturated heterocycles. The molecule has 1 atom stereocenters. The molecule has 2 N–H and O–H groups in total. The van der Waals surface area contributed by atoms with Crippen LogP contribution in [0.3, 0.4) is 0 Å². The molecule has 1 aromatic rings. The van der Waals surface area contributed by atoms with Gasteiger partial charge in [-0.3, -0.25) is 0 Å². The number of benzene rings is 1. The van der Waals surface area contributed by atoms with Crippen molar-refractivity contribution in [2.24, 2.45) is 0 Å². The summed E-state index contributed by atoms with van der Waals surface area (Å²) >= 11 is 5.78. The Bertz CT molecular complexity index is 786. The highest BCUT2D eigenvalue weighted by Crippen LogP contribution is 2.40. The topological polar surface area (TPSA) is 83.8 Å². The minimum absolute atomic E-state index is 0.0356. The van der Waals surface area contributed by atoms with Crippen molar-refractivity contribution >= 4 is 29.6 Å². The summed E-state index contributed by atoms with van der Waals surface area (Å²) in [6.07, 6.45) is -6.89. The second kappa shape index (κ2) is 5.85. The Balaban J connectivity index is 2.66. The largest absolute Gasteiger partial charge is 0.478 e. The molecule has 1 heterocycles. The Morgan fingerprint density at radius 1 is 1.26 bits per heavy atom. The zero-order valence-corrected chi connectivity index (χ0v) is 11.7. The van der Waals surface area contributed by atoms with Gasteiger partial charge in [-0.15, -0.1) is 0 Å². The Morgan fingerprint density at radius 3 is 2.43 bits per heavy atom. The minimum Gasteiger partial charge on any atom is -0.478 e. The first kappa shape index (κ1) is 16.7. The van der Waals surface area contributed by atoms with Crippen LogP contribution < -0.4 is 4.74 Å². The Labute approximate surface area is 131 Å². The van der Waals surface area contributed by atoms with Crippen LogP contribution in [0, 0.1) is 11.8 Å². The van der Waals surface area contributed by atoms with E-state index in [9.17, 15) is 22.8 Å². The molecular formula is C14H6ClF3O5. The van der Waals surface area contributed by atoms with Gasteiger partial charge >= 0.3 is 18.1 Å². The summed E-state index contributed by atoms with van der Waals surface area (Å²) in [6, 6.07) is 2.32. The number of carboxylic acid groups (broad SMARTS) is 2. The average Bonchev–Trinajstić information content (AvgIpc) is 2.41. The van der Waals surface area contributed by atoms with Gasteiger partial charge in [0, 0.05) is 16.5 Å². The van der Waals surface area contributed by atoms with Crippen LogP contribution >= 0.6 is 11.6 Å². The number of carbonyl (C=O) groups is 2. The number of carboxylic acids is 2. The number of halogens is 4. The maximum Gasteiger partial charge on any atom is 0.430 e. The lowest BCUT2D eigenvalue weighted by molar-refractivity contribution is -0.187. The average molecular weight is 347 g/mol. The fourth-order valence-electron chi connectivity index (χ4n) is 1.91. The molecule has 0 saturated carbocycles. The van der Waals surface area contributed by atoms with Gasteiger partial charge in [0.25, 0.3) is 0 Å². The van der Waals surface area contributed by atoms with Gasteiger partial charge in [-0.2, -0.15) is 13.2 Å². The van der Waals surface area contributed by atoms with E-state index in [1.54, 1.807) is 5.92 Å². The van der Waals surface area contributed by atoms with Crippen LogP contribution in [0.25, 0.3) is 6.08 Å². The molecule has 1 aliphatic heterocycles. The minimum atomic E-state index is -4.97. The summed E-state index contributed by atoms with van der Waals surface area (Å²) in [5.74, 6) is 0.191. The first-order chi connectivity index (χ1) is 10.6. The van der Waals surface area contributed by atoms with E-state index < -0.39 is 29.8 Å². The fraction of sp³-hybridized carbons (Fsp3) is 0.143. The van der Waals surface area contributed by atoms with Gasteiger partial charge in [-0.1, -0.05) is 17.5 Å². The molecule has 1 aromatic carbocycles. The molecule has 5 nitrogen and oxygen atoms in total. The van der Waals surface area contributed by atoms with Crippen molar-refractivity contribution in [3.05, 3.63) is 33.9 Å². The summed E-state index contributed by atoms with van der Waals surface area (Å²) in [5, 5.41) is 17.5. The number of fused-ring (bicyclic) bond motifs is 1. The Morgan fingerprint density at radius 2 is 1.91 bits per heavy atom. The van der Waals surface area contributed by atoms with E-state index in [1.807, 2.05) is 0 Å². The lowest BCUT2D eigenvalue weighted by Gasteiger charge is -2.27. The molecule has 0 radical (unpaired) electrons. The number of hydrogen-bond donors (Lipinski definition) is 2. The van der Waals surface area contributed by atoms with E-state index >= 15 is 0 Å². The van der Waals surface area contributed by atoms with Gasteiger partial charge in [0.15, 0.2) is 0 Å². The molecule has 0 amide bonds. The van der Waals surface area contributed by atoms with Crippen LogP contribution in [-0.4, -0.2) is 34.4 Å². The quantitative estimate of drug-likeness (QED) is 0.764. The van der Waals surface area contributed by atoms with E-state index in [1.165, 1.54) is 6.07 Å². The van der Waals surface area contributed by atoms with Crippen molar-refractivity contribution in [1.29, 1.82) is 0 Å². The van der Waals surface area contributed by atoms with Gasteiger partial charge in [-0.25, -0.2) is 9.59 Å². The molecule has 23 heavy (non-hydrogen) atoms. The smallest absolute Gasteiger partial charge is 0.430 e. The highest BCUT2D eigenvalue weighted by atomic mass is 35.5. The summed E-state index contributed by atoms with van der Waals surface area (Å²) in [6.45, 7) is 0. The van der Waals surface area contributed by atoms with Gasteiger partial charge in [0.1, 0.15) is 5.75 Å². The van der Waals surface area contributed by atoms with Crippen molar-refractivity contribution in [3.8, 4) is 17.6 Å². The molecule has 0 bridgehead atoms. The van der Waals surface area contributed by atoms with Crippen LogP contribution in [0.2, 0.25) is 5.02 Å². The highest BCUT2D eigenvalue weighted by molar-refractivity contribution is 6.31. The summed E-state index contributed by atoms with van der Waals surface area (Å²) in [4.78, 5) is 21.5. The van der Waals surface area contributed by atoms with Gasteiger partial charge in [0.2, 0.25) is 6.10 Å². The van der Waals surface area contributed by atoms with E-state index in [-0.39, 0.29) is 21.9 Å². The van der Waals surface area contributed by atoms with Crippen LogP contribution in [-0.2, 0) is 9.59 Å². The second-order valence-electron chi connectivity index (χ2n) is 4.37. The second-order valence-corrected chi connectivity index (χ2v) is 4.81. The molecule has 2 rings (SSSR count). The molecule has 0 aromatic heterocycles. The molecule has 0 spiro atoms. The standard InChI is InChI=1S/C14H6ClF3O5/c15-8-3-6(1-2-10(19)20)11-7(4-8)5-9(13(21)22)12(23-11)14(16,17)18/h3-5,12H,(H,19,20)(H,21,22). The number of ether oxygens (including phenoxy) is 1.